The molecule has 0 bridgehead atoms. The Balaban J connectivity index is 0.00000200. The summed E-state index contributed by atoms with van der Waals surface area (Å²) in [5.74, 6) is 1.18. The van der Waals surface area contributed by atoms with Gasteiger partial charge in [0, 0.05) is 19.1 Å². The minimum Gasteiger partial charge on any atom is -0.330 e. The molecule has 7 heteroatoms. The molecule has 0 radical (unpaired) electrons. The number of nitrogens with zero attached hydrogens (tertiary/aromatic N) is 1. The van der Waals surface area contributed by atoms with E-state index in [1.165, 1.54) is 0 Å². The van der Waals surface area contributed by atoms with Crippen molar-refractivity contribution in [2.75, 3.05) is 19.6 Å². The average molecular weight is 326 g/mol. The van der Waals surface area contributed by atoms with Crippen molar-refractivity contribution in [2.45, 2.75) is 45.6 Å². The lowest BCUT2D eigenvalue weighted by molar-refractivity contribution is 0.219. The monoisotopic (exact) mass is 325 g/mol. The van der Waals surface area contributed by atoms with Crippen LogP contribution in [-0.4, -0.2) is 38.4 Å². The van der Waals surface area contributed by atoms with Crippen molar-refractivity contribution in [3.8, 4) is 0 Å². The molecule has 20 heavy (non-hydrogen) atoms. The van der Waals surface area contributed by atoms with Gasteiger partial charge < -0.3 is 5.73 Å². The second-order valence-electron chi connectivity index (χ2n) is 6.42. The minimum absolute atomic E-state index is 0. The zero-order chi connectivity index (χ0) is 14.0. The maximum Gasteiger partial charge on any atom is 0.279 e. The van der Waals surface area contributed by atoms with Gasteiger partial charge >= 0.3 is 0 Å². The van der Waals surface area contributed by atoms with E-state index in [4.69, 9.17) is 5.73 Å². The van der Waals surface area contributed by atoms with Crippen molar-refractivity contribution in [1.82, 2.24) is 9.03 Å². The summed E-state index contributed by atoms with van der Waals surface area (Å²) in [6.45, 7) is 6.09. The maximum atomic E-state index is 12.5. The number of nitrogens with one attached hydrogen (secondary N) is 1. The topological polar surface area (TPSA) is 75.4 Å². The van der Waals surface area contributed by atoms with E-state index in [-0.39, 0.29) is 18.4 Å². The van der Waals surface area contributed by atoms with E-state index >= 15 is 0 Å². The highest BCUT2D eigenvalue weighted by Gasteiger charge is 2.35. The average Bonchev–Trinajstić information content (AvgIpc) is 2.74. The van der Waals surface area contributed by atoms with E-state index in [9.17, 15) is 8.42 Å². The Morgan fingerprint density at radius 3 is 2.35 bits per heavy atom. The first-order chi connectivity index (χ1) is 8.92. The fourth-order valence-electron chi connectivity index (χ4n) is 3.54. The zero-order valence-corrected chi connectivity index (χ0v) is 14.0. The summed E-state index contributed by atoms with van der Waals surface area (Å²) in [5.41, 5.74) is 5.72. The predicted octanol–water partition coefficient (Wildman–Crippen LogP) is 1.35. The SMILES string of the molecule is CC1CC(C)CN(S(=O)(=O)NC2CCCC2CN)C1.Cl. The van der Waals surface area contributed by atoms with Gasteiger partial charge in [-0.3, -0.25) is 0 Å². The predicted molar refractivity (Wildman–Crippen MR) is 84.0 cm³/mol. The molecule has 1 aliphatic heterocycles. The molecule has 2 fully saturated rings. The molecule has 5 nitrogen and oxygen atoms in total. The molecule has 0 aromatic heterocycles. The second kappa shape index (κ2) is 7.40. The van der Waals surface area contributed by atoms with Crippen LogP contribution in [0.25, 0.3) is 0 Å². The summed E-state index contributed by atoms with van der Waals surface area (Å²) < 4.78 is 29.4. The largest absolute Gasteiger partial charge is 0.330 e. The highest BCUT2D eigenvalue weighted by molar-refractivity contribution is 7.87. The summed E-state index contributed by atoms with van der Waals surface area (Å²) >= 11 is 0. The molecule has 1 aliphatic carbocycles. The van der Waals surface area contributed by atoms with Crippen LogP contribution in [0, 0.1) is 17.8 Å². The summed E-state index contributed by atoms with van der Waals surface area (Å²) in [5, 5.41) is 0. The molecular formula is C13H28ClN3O2S. The fraction of sp³-hybridized carbons (Fsp3) is 1.00. The standard InChI is InChI=1S/C13H27N3O2S.ClH/c1-10-6-11(2)9-16(8-10)19(17,18)15-13-5-3-4-12(13)7-14;/h10-13,15H,3-9,14H2,1-2H3;1H. The van der Waals surface area contributed by atoms with Gasteiger partial charge in [-0.1, -0.05) is 20.3 Å². The second-order valence-corrected chi connectivity index (χ2v) is 8.12. The van der Waals surface area contributed by atoms with Gasteiger partial charge in [-0.25, -0.2) is 0 Å². The lowest BCUT2D eigenvalue weighted by atomic mass is 9.94. The summed E-state index contributed by atoms with van der Waals surface area (Å²) in [4.78, 5) is 0. The highest BCUT2D eigenvalue weighted by Crippen LogP contribution is 2.27. The van der Waals surface area contributed by atoms with Crippen LogP contribution in [-0.2, 0) is 10.2 Å². The molecule has 1 saturated carbocycles. The van der Waals surface area contributed by atoms with Crippen LogP contribution in [0.1, 0.15) is 39.5 Å². The van der Waals surface area contributed by atoms with Crippen LogP contribution >= 0.6 is 12.4 Å². The number of hydrogen-bond donors (Lipinski definition) is 2. The quantitative estimate of drug-likeness (QED) is 0.819. The first-order valence-electron chi connectivity index (χ1n) is 7.40. The summed E-state index contributed by atoms with van der Waals surface area (Å²) in [6, 6.07) is 0.0301. The Bertz CT molecular complexity index is 394. The van der Waals surface area contributed by atoms with Gasteiger partial charge in [-0.2, -0.15) is 17.4 Å². The van der Waals surface area contributed by atoms with E-state index in [2.05, 4.69) is 18.6 Å². The van der Waals surface area contributed by atoms with Gasteiger partial charge in [0.2, 0.25) is 0 Å². The third-order valence-electron chi connectivity index (χ3n) is 4.44. The van der Waals surface area contributed by atoms with Crippen molar-refractivity contribution in [2.24, 2.45) is 23.5 Å². The van der Waals surface area contributed by atoms with Crippen molar-refractivity contribution in [1.29, 1.82) is 0 Å². The Morgan fingerprint density at radius 2 is 1.80 bits per heavy atom. The van der Waals surface area contributed by atoms with Crippen LogP contribution in [0.5, 0.6) is 0 Å². The Hall–Kier alpha value is 0.120. The molecule has 0 aromatic rings. The fourth-order valence-corrected chi connectivity index (χ4v) is 5.29. The molecule has 4 unspecified atom stereocenters. The van der Waals surface area contributed by atoms with Crippen LogP contribution < -0.4 is 10.5 Å². The van der Waals surface area contributed by atoms with Crippen LogP contribution in [0.2, 0.25) is 0 Å². The molecule has 2 rings (SSSR count). The van der Waals surface area contributed by atoms with Gasteiger partial charge in [0.1, 0.15) is 0 Å². The van der Waals surface area contributed by atoms with Crippen molar-refractivity contribution < 1.29 is 8.42 Å². The Morgan fingerprint density at radius 1 is 1.20 bits per heavy atom. The summed E-state index contributed by atoms with van der Waals surface area (Å²) in [7, 11) is -3.35. The van der Waals surface area contributed by atoms with Crippen LogP contribution in [0.15, 0.2) is 0 Å². The number of rotatable bonds is 4. The zero-order valence-electron chi connectivity index (χ0n) is 12.4. The van der Waals surface area contributed by atoms with E-state index in [0.29, 0.717) is 37.4 Å². The number of piperidine rings is 1. The molecule has 0 spiro atoms. The Labute approximate surface area is 129 Å². The van der Waals surface area contributed by atoms with Crippen LogP contribution in [0.3, 0.4) is 0 Å². The molecular weight excluding hydrogens is 298 g/mol. The lowest BCUT2D eigenvalue weighted by Crippen LogP contribution is -2.51. The number of halogens is 1. The first-order valence-corrected chi connectivity index (χ1v) is 8.84. The van der Waals surface area contributed by atoms with Gasteiger partial charge in [0.15, 0.2) is 0 Å². The maximum absolute atomic E-state index is 12.5. The van der Waals surface area contributed by atoms with E-state index < -0.39 is 10.2 Å². The smallest absolute Gasteiger partial charge is 0.279 e. The van der Waals surface area contributed by atoms with Crippen molar-refractivity contribution in [3.05, 3.63) is 0 Å². The third kappa shape index (κ3) is 4.31. The van der Waals surface area contributed by atoms with Gasteiger partial charge in [-0.05, 0) is 43.6 Å². The van der Waals surface area contributed by atoms with Crippen molar-refractivity contribution >= 4 is 22.6 Å². The Kier molecular flexibility index (Phi) is 6.73. The minimum atomic E-state index is -3.35. The van der Waals surface area contributed by atoms with Crippen LogP contribution in [0.4, 0.5) is 0 Å². The molecule has 3 N–H and O–H groups in total. The molecule has 0 amide bonds. The molecule has 2 aliphatic rings. The molecule has 0 aromatic carbocycles. The molecule has 4 atom stereocenters. The molecule has 120 valence electrons. The summed E-state index contributed by atoms with van der Waals surface area (Å²) in [6.07, 6.45) is 4.14. The van der Waals surface area contributed by atoms with Gasteiger partial charge in [0.25, 0.3) is 10.2 Å². The normalized spacial score (nSPS) is 35.8. The van der Waals surface area contributed by atoms with E-state index in [1.54, 1.807) is 4.31 Å². The number of nitrogens with two attached hydrogens (primary N) is 1. The molecule has 1 saturated heterocycles. The first kappa shape index (κ1) is 18.2. The van der Waals surface area contributed by atoms with E-state index in [0.717, 1.165) is 25.7 Å². The van der Waals surface area contributed by atoms with Gasteiger partial charge in [0.05, 0.1) is 0 Å². The highest BCUT2D eigenvalue weighted by atomic mass is 35.5. The molecule has 1 heterocycles. The number of hydrogen-bond acceptors (Lipinski definition) is 3. The van der Waals surface area contributed by atoms with E-state index in [1.807, 2.05) is 0 Å². The van der Waals surface area contributed by atoms with Gasteiger partial charge in [-0.15, -0.1) is 12.4 Å². The lowest BCUT2D eigenvalue weighted by Gasteiger charge is -2.35. The third-order valence-corrected chi connectivity index (χ3v) is 6.02. The van der Waals surface area contributed by atoms with Crippen molar-refractivity contribution in [3.63, 3.8) is 0 Å².